The molecule has 0 saturated carbocycles. The second-order valence-electron chi connectivity index (χ2n) is 8.65. The van der Waals surface area contributed by atoms with Gasteiger partial charge in [-0.15, -0.1) is 0 Å². The molecule has 1 aliphatic heterocycles. The molecule has 0 fully saturated rings. The molecule has 9 heteroatoms. The van der Waals surface area contributed by atoms with E-state index < -0.39 is 0 Å². The van der Waals surface area contributed by atoms with E-state index >= 15 is 0 Å². The first-order chi connectivity index (χ1) is 17.4. The van der Waals surface area contributed by atoms with Gasteiger partial charge in [0.15, 0.2) is 0 Å². The van der Waals surface area contributed by atoms with E-state index in [-0.39, 0.29) is 17.8 Å². The van der Waals surface area contributed by atoms with Crippen LogP contribution in [0.4, 0.5) is 5.69 Å². The van der Waals surface area contributed by atoms with E-state index in [0.717, 1.165) is 59.0 Å². The minimum absolute atomic E-state index is 0.120. The van der Waals surface area contributed by atoms with Crippen LogP contribution in [0, 0.1) is 13.8 Å². The Balaban J connectivity index is 1.66. The lowest BCUT2D eigenvalue weighted by Gasteiger charge is -2.18. The number of likely N-dealkylation sites (N-methyl/N-ethyl adjacent to an activating group) is 1. The average Bonchev–Trinajstić information content (AvgIpc) is 3.36. The molecule has 0 spiro atoms. The van der Waals surface area contributed by atoms with Crippen molar-refractivity contribution < 1.29 is 14.3 Å². The summed E-state index contributed by atoms with van der Waals surface area (Å²) in [4.78, 5) is 39.9. The van der Waals surface area contributed by atoms with Crippen LogP contribution in [0.1, 0.15) is 46.7 Å². The van der Waals surface area contributed by atoms with Crippen molar-refractivity contribution in [2.24, 2.45) is 0 Å². The molecule has 188 valence electrons. The van der Waals surface area contributed by atoms with Gasteiger partial charge in [0.05, 0.1) is 18.2 Å². The van der Waals surface area contributed by atoms with Gasteiger partial charge in [0, 0.05) is 53.7 Å². The molecule has 3 heterocycles. The lowest BCUT2D eigenvalue weighted by molar-refractivity contribution is -0.110. The summed E-state index contributed by atoms with van der Waals surface area (Å²) < 4.78 is 5.07. The number of carbonyl (C=O) groups excluding carboxylic acids is 2. The van der Waals surface area contributed by atoms with Gasteiger partial charge in [-0.2, -0.15) is 0 Å². The summed E-state index contributed by atoms with van der Waals surface area (Å²) in [5.41, 5.74) is 6.48. The first-order valence-corrected chi connectivity index (χ1v) is 12.1. The Bertz CT molecular complexity index is 1310. The highest BCUT2D eigenvalue weighted by molar-refractivity contribution is 6.36. The normalized spacial score (nSPS) is 13.7. The van der Waals surface area contributed by atoms with Gasteiger partial charge in [-0.25, -0.2) is 9.97 Å². The van der Waals surface area contributed by atoms with Crippen LogP contribution in [-0.4, -0.2) is 65.0 Å². The summed E-state index contributed by atoms with van der Waals surface area (Å²) in [7, 11) is 1.51. The van der Waals surface area contributed by atoms with E-state index in [1.807, 2.05) is 38.1 Å². The number of fused-ring (bicyclic) bond motifs is 1. The van der Waals surface area contributed by atoms with Crippen molar-refractivity contribution in [1.29, 1.82) is 0 Å². The van der Waals surface area contributed by atoms with Crippen molar-refractivity contribution in [3.8, 4) is 17.1 Å². The lowest BCUT2D eigenvalue weighted by Crippen LogP contribution is -2.35. The van der Waals surface area contributed by atoms with E-state index in [0.29, 0.717) is 17.7 Å². The van der Waals surface area contributed by atoms with E-state index in [1.54, 1.807) is 12.4 Å². The van der Waals surface area contributed by atoms with Crippen LogP contribution < -0.4 is 15.4 Å². The molecule has 1 aromatic carbocycles. The molecule has 0 atom stereocenters. The number of hydrogen-bond donors (Lipinski definition) is 3. The summed E-state index contributed by atoms with van der Waals surface area (Å²) in [6.45, 7) is 11.2. The van der Waals surface area contributed by atoms with Crippen molar-refractivity contribution in [1.82, 2.24) is 25.2 Å². The number of carbonyl (C=O) groups is 2. The number of hydrogen-bond acceptors (Lipinski definition) is 6. The first kappa shape index (κ1) is 25.1. The lowest BCUT2D eigenvalue weighted by atomic mass is 9.95. The standard InChI is InChI=1S/C27H32N6O3/c1-6-33(7-2)12-11-28-26(35)23-16(3)22(31-17(23)4)13-20-24-19(9-8-10-21(24)32-25(20)34)18-14-29-27(36-5)30-15-18/h8-10,13-15,31H,6-7,11-12H2,1-5H3,(H,28,35)(H,32,34)/b20-13-. The molecule has 3 N–H and O–H groups in total. The van der Waals surface area contributed by atoms with Crippen LogP contribution in [0.5, 0.6) is 6.01 Å². The molecule has 1 aliphatic rings. The number of nitrogens with one attached hydrogen (secondary N) is 3. The van der Waals surface area contributed by atoms with Gasteiger partial charge in [-0.05, 0) is 50.2 Å². The van der Waals surface area contributed by atoms with Crippen molar-refractivity contribution >= 4 is 29.2 Å². The molecule has 3 aromatic rings. The minimum atomic E-state index is -0.205. The van der Waals surface area contributed by atoms with E-state index in [9.17, 15) is 9.59 Å². The van der Waals surface area contributed by atoms with E-state index in [4.69, 9.17) is 4.74 Å². The fourth-order valence-electron chi connectivity index (χ4n) is 4.55. The summed E-state index contributed by atoms with van der Waals surface area (Å²) >= 11 is 0. The van der Waals surface area contributed by atoms with Crippen LogP contribution in [0.15, 0.2) is 30.6 Å². The Morgan fingerprint density at radius 2 is 1.89 bits per heavy atom. The Morgan fingerprint density at radius 1 is 1.17 bits per heavy atom. The summed E-state index contributed by atoms with van der Waals surface area (Å²) in [5, 5.41) is 5.97. The SMILES string of the molecule is CCN(CC)CCNC(=O)c1c(C)[nH]c(/C=C2\C(=O)Nc3cccc(-c4cnc(OC)nc4)c32)c1C. The third kappa shape index (κ3) is 4.87. The second kappa shape index (κ2) is 10.7. The van der Waals surface area contributed by atoms with Gasteiger partial charge in [0.1, 0.15) is 0 Å². The maximum Gasteiger partial charge on any atom is 0.316 e. The van der Waals surface area contributed by atoms with E-state index in [1.165, 1.54) is 7.11 Å². The van der Waals surface area contributed by atoms with Crippen LogP contribution in [0.25, 0.3) is 22.8 Å². The Labute approximate surface area is 211 Å². The smallest absolute Gasteiger partial charge is 0.316 e. The van der Waals surface area contributed by atoms with Crippen molar-refractivity contribution in [3.63, 3.8) is 0 Å². The highest BCUT2D eigenvalue weighted by atomic mass is 16.5. The third-order valence-corrected chi connectivity index (χ3v) is 6.55. The molecule has 0 aliphatic carbocycles. The van der Waals surface area contributed by atoms with Gasteiger partial charge in [-0.1, -0.05) is 26.0 Å². The monoisotopic (exact) mass is 488 g/mol. The number of aromatic amines is 1. The number of aryl methyl sites for hydroxylation is 1. The van der Waals surface area contributed by atoms with Crippen LogP contribution in [0.3, 0.4) is 0 Å². The summed E-state index contributed by atoms with van der Waals surface area (Å²) in [6.07, 6.45) is 5.16. The highest BCUT2D eigenvalue weighted by Gasteiger charge is 2.28. The second-order valence-corrected chi connectivity index (χ2v) is 8.65. The summed E-state index contributed by atoms with van der Waals surface area (Å²) in [5.74, 6) is -0.325. The zero-order valence-corrected chi connectivity index (χ0v) is 21.4. The molecule has 0 radical (unpaired) electrons. The predicted molar refractivity (Wildman–Crippen MR) is 141 cm³/mol. The van der Waals surface area contributed by atoms with Crippen LogP contribution in [0.2, 0.25) is 0 Å². The molecule has 36 heavy (non-hydrogen) atoms. The number of anilines is 1. The Morgan fingerprint density at radius 3 is 2.56 bits per heavy atom. The van der Waals surface area contributed by atoms with Gasteiger partial charge in [-0.3, -0.25) is 9.59 Å². The zero-order chi connectivity index (χ0) is 25.8. The van der Waals surface area contributed by atoms with Gasteiger partial charge in [0.2, 0.25) is 0 Å². The van der Waals surface area contributed by atoms with Gasteiger partial charge < -0.3 is 25.3 Å². The first-order valence-electron chi connectivity index (χ1n) is 12.1. The minimum Gasteiger partial charge on any atom is -0.467 e. The fourth-order valence-corrected chi connectivity index (χ4v) is 4.55. The molecular weight excluding hydrogens is 456 g/mol. The van der Waals surface area contributed by atoms with Gasteiger partial charge >= 0.3 is 6.01 Å². The quantitative estimate of drug-likeness (QED) is 0.396. The number of rotatable bonds is 9. The maximum atomic E-state index is 13.0. The van der Waals surface area contributed by atoms with Crippen LogP contribution in [-0.2, 0) is 4.79 Å². The molecule has 2 aromatic heterocycles. The molecule has 2 amide bonds. The topological polar surface area (TPSA) is 112 Å². The van der Waals surface area contributed by atoms with Crippen molar-refractivity contribution in [3.05, 3.63) is 58.7 Å². The molecule has 9 nitrogen and oxygen atoms in total. The van der Waals surface area contributed by atoms with Crippen molar-refractivity contribution in [2.45, 2.75) is 27.7 Å². The number of aromatic nitrogens is 3. The molecule has 0 saturated heterocycles. The number of nitrogens with zero attached hydrogens (tertiary/aromatic N) is 3. The van der Waals surface area contributed by atoms with Gasteiger partial charge in [0.25, 0.3) is 11.8 Å². The largest absolute Gasteiger partial charge is 0.467 e. The zero-order valence-electron chi connectivity index (χ0n) is 21.4. The average molecular weight is 489 g/mol. The number of methoxy groups -OCH3 is 1. The maximum absolute atomic E-state index is 13.0. The van der Waals surface area contributed by atoms with Crippen molar-refractivity contribution in [2.75, 3.05) is 38.6 Å². The molecular formula is C27H32N6O3. The number of benzene rings is 1. The van der Waals surface area contributed by atoms with Crippen LogP contribution >= 0.6 is 0 Å². The number of ether oxygens (including phenoxy) is 1. The number of amides is 2. The Kier molecular flexibility index (Phi) is 7.49. The predicted octanol–water partition coefficient (Wildman–Crippen LogP) is 3.66. The Hall–Kier alpha value is -3.98. The number of H-pyrrole nitrogens is 1. The summed E-state index contributed by atoms with van der Waals surface area (Å²) in [6, 6.07) is 5.95. The molecule has 0 unspecified atom stereocenters. The van der Waals surface area contributed by atoms with E-state index in [2.05, 4.69) is 44.3 Å². The third-order valence-electron chi connectivity index (χ3n) is 6.55. The molecule has 4 rings (SSSR count). The fraction of sp³-hybridized carbons (Fsp3) is 0.333. The highest BCUT2D eigenvalue weighted by Crippen LogP contribution is 2.40. The molecule has 0 bridgehead atoms.